The van der Waals surface area contributed by atoms with E-state index in [1.54, 1.807) is 12.3 Å². The van der Waals surface area contributed by atoms with E-state index in [2.05, 4.69) is 10.4 Å². The second-order valence-corrected chi connectivity index (χ2v) is 4.92. The molecule has 0 atom stereocenters. The first-order valence-electron chi connectivity index (χ1n) is 5.33. The zero-order valence-electron chi connectivity index (χ0n) is 10.4. The molecule has 0 aliphatic rings. The summed E-state index contributed by atoms with van der Waals surface area (Å²) in [5.41, 5.74) is -0.505. The van der Waals surface area contributed by atoms with E-state index in [1.807, 2.05) is 34.6 Å². The smallest absolute Gasteiger partial charge is 0.435 e. The molecular weight excluding hydrogens is 206 g/mol. The third-order valence-electron chi connectivity index (χ3n) is 1.61. The van der Waals surface area contributed by atoms with Crippen LogP contribution < -0.4 is 5.32 Å². The predicted octanol–water partition coefficient (Wildman–Crippen LogP) is 2.49. The van der Waals surface area contributed by atoms with E-state index in [1.165, 1.54) is 4.68 Å². The Kier molecular flexibility index (Phi) is 3.57. The molecule has 0 saturated carbocycles. The maximum atomic E-state index is 11.6. The van der Waals surface area contributed by atoms with Crippen molar-refractivity contribution in [2.24, 2.45) is 0 Å². The van der Waals surface area contributed by atoms with Gasteiger partial charge in [-0.3, -0.25) is 0 Å². The summed E-state index contributed by atoms with van der Waals surface area (Å²) < 4.78 is 6.37. The van der Waals surface area contributed by atoms with Gasteiger partial charge in [0.15, 0.2) is 0 Å². The van der Waals surface area contributed by atoms with Gasteiger partial charge in [0.1, 0.15) is 11.4 Å². The first-order valence-corrected chi connectivity index (χ1v) is 5.33. The number of hydrogen-bond donors (Lipinski definition) is 1. The number of carbonyl (C=O) groups is 1. The highest BCUT2D eigenvalue weighted by Gasteiger charge is 2.18. The number of anilines is 1. The molecule has 1 rings (SSSR count). The van der Waals surface area contributed by atoms with Crippen LogP contribution in [0.1, 0.15) is 34.6 Å². The van der Waals surface area contributed by atoms with E-state index in [0.29, 0.717) is 5.82 Å². The van der Waals surface area contributed by atoms with E-state index < -0.39 is 11.7 Å². The monoisotopic (exact) mass is 225 g/mol. The van der Waals surface area contributed by atoms with Crippen LogP contribution in [0.25, 0.3) is 0 Å². The number of aromatic nitrogens is 2. The maximum Gasteiger partial charge on any atom is 0.435 e. The molecule has 0 saturated heterocycles. The van der Waals surface area contributed by atoms with Gasteiger partial charge >= 0.3 is 6.09 Å². The summed E-state index contributed by atoms with van der Waals surface area (Å²) in [6.07, 6.45) is 1.11. The van der Waals surface area contributed by atoms with Crippen molar-refractivity contribution >= 4 is 11.9 Å². The molecule has 0 bridgehead atoms. The zero-order chi connectivity index (χ0) is 12.3. The summed E-state index contributed by atoms with van der Waals surface area (Å²) in [6.45, 7) is 9.48. The molecule has 1 aromatic heterocycles. The van der Waals surface area contributed by atoms with E-state index in [9.17, 15) is 4.79 Å². The van der Waals surface area contributed by atoms with Crippen LogP contribution in [0, 0.1) is 0 Å². The third-order valence-corrected chi connectivity index (χ3v) is 1.61. The van der Waals surface area contributed by atoms with Crippen LogP contribution >= 0.6 is 0 Å². The third kappa shape index (κ3) is 3.92. The van der Waals surface area contributed by atoms with Crippen molar-refractivity contribution in [1.82, 2.24) is 9.78 Å². The normalized spacial score (nSPS) is 11.6. The fourth-order valence-electron chi connectivity index (χ4n) is 1.11. The van der Waals surface area contributed by atoms with Gasteiger partial charge in [-0.15, -0.1) is 5.10 Å². The van der Waals surface area contributed by atoms with Crippen LogP contribution in [0.2, 0.25) is 0 Å². The average molecular weight is 225 g/mol. The zero-order valence-corrected chi connectivity index (χ0v) is 10.4. The predicted molar refractivity (Wildman–Crippen MR) is 62.6 cm³/mol. The second kappa shape index (κ2) is 4.55. The minimum absolute atomic E-state index is 0.280. The van der Waals surface area contributed by atoms with E-state index in [0.717, 1.165) is 0 Å². The highest BCUT2D eigenvalue weighted by Crippen LogP contribution is 2.10. The molecule has 5 heteroatoms. The Balaban J connectivity index is 2.67. The summed E-state index contributed by atoms with van der Waals surface area (Å²) in [5, 5.41) is 7.17. The van der Waals surface area contributed by atoms with Crippen LogP contribution in [-0.4, -0.2) is 27.5 Å². The minimum atomic E-state index is -0.505. The fourth-order valence-corrected chi connectivity index (χ4v) is 1.11. The number of rotatable bonds is 2. The molecule has 1 heterocycles. The molecule has 1 N–H and O–H groups in total. The van der Waals surface area contributed by atoms with Crippen molar-refractivity contribution < 1.29 is 9.53 Å². The summed E-state index contributed by atoms with van der Waals surface area (Å²) in [6, 6.07) is 2.02. The average Bonchev–Trinajstić information content (AvgIpc) is 2.48. The van der Waals surface area contributed by atoms with Crippen LogP contribution in [0.3, 0.4) is 0 Å². The molecular formula is C11H19N3O2. The first-order chi connectivity index (χ1) is 7.28. The van der Waals surface area contributed by atoms with E-state index in [4.69, 9.17) is 4.74 Å². The van der Waals surface area contributed by atoms with Gasteiger partial charge in [0.05, 0.1) is 0 Å². The molecule has 0 aliphatic heterocycles. The number of nitrogens with zero attached hydrogens (tertiary/aromatic N) is 2. The van der Waals surface area contributed by atoms with Crippen molar-refractivity contribution in [3.05, 3.63) is 12.3 Å². The fraction of sp³-hybridized carbons (Fsp3) is 0.636. The standard InChI is InChI=1S/C11H19N3O2/c1-8(2)12-9-6-7-14(13-9)10(15)16-11(3,4)5/h6-8H,1-5H3,(H,12,13). The van der Waals surface area contributed by atoms with Crippen molar-refractivity contribution in [1.29, 1.82) is 0 Å². The van der Waals surface area contributed by atoms with Crippen LogP contribution in [0.4, 0.5) is 10.6 Å². The summed E-state index contributed by atoms with van der Waals surface area (Å²) in [4.78, 5) is 11.6. The highest BCUT2D eigenvalue weighted by atomic mass is 16.6. The molecule has 0 unspecified atom stereocenters. The van der Waals surface area contributed by atoms with Gasteiger partial charge in [-0.25, -0.2) is 4.79 Å². The second-order valence-electron chi connectivity index (χ2n) is 4.92. The number of ether oxygens (including phenoxy) is 1. The van der Waals surface area contributed by atoms with Crippen LogP contribution in [-0.2, 0) is 4.74 Å². The van der Waals surface area contributed by atoms with Gasteiger partial charge < -0.3 is 10.1 Å². The lowest BCUT2D eigenvalue weighted by molar-refractivity contribution is 0.0515. The quantitative estimate of drug-likeness (QED) is 0.840. The Labute approximate surface area is 95.8 Å². The topological polar surface area (TPSA) is 56.2 Å². The van der Waals surface area contributed by atoms with Gasteiger partial charge in [-0.1, -0.05) is 0 Å². The van der Waals surface area contributed by atoms with Gasteiger partial charge in [-0.2, -0.15) is 4.68 Å². The number of carbonyl (C=O) groups excluding carboxylic acids is 1. The maximum absolute atomic E-state index is 11.6. The molecule has 0 spiro atoms. The molecule has 16 heavy (non-hydrogen) atoms. The Hall–Kier alpha value is -1.52. The van der Waals surface area contributed by atoms with Gasteiger partial charge in [-0.05, 0) is 34.6 Å². The number of nitrogens with one attached hydrogen (secondary N) is 1. The first kappa shape index (κ1) is 12.5. The molecule has 5 nitrogen and oxygen atoms in total. The van der Waals surface area contributed by atoms with Crippen LogP contribution in [0.15, 0.2) is 12.3 Å². The SMILES string of the molecule is CC(C)Nc1ccn(C(=O)OC(C)(C)C)n1. The van der Waals surface area contributed by atoms with Crippen molar-refractivity contribution in [3.8, 4) is 0 Å². The summed E-state index contributed by atoms with van der Waals surface area (Å²) in [7, 11) is 0. The Morgan fingerprint density at radius 2 is 2.12 bits per heavy atom. The Bertz CT molecular complexity index is 364. The van der Waals surface area contributed by atoms with E-state index >= 15 is 0 Å². The molecule has 0 aliphatic carbocycles. The molecule has 0 amide bonds. The lowest BCUT2D eigenvalue weighted by Gasteiger charge is -2.18. The lowest BCUT2D eigenvalue weighted by Crippen LogP contribution is -2.27. The van der Waals surface area contributed by atoms with Crippen molar-refractivity contribution in [3.63, 3.8) is 0 Å². The molecule has 90 valence electrons. The summed E-state index contributed by atoms with van der Waals surface area (Å²) in [5.74, 6) is 0.667. The van der Waals surface area contributed by atoms with E-state index in [-0.39, 0.29) is 6.04 Å². The van der Waals surface area contributed by atoms with Crippen molar-refractivity contribution in [2.45, 2.75) is 46.3 Å². The summed E-state index contributed by atoms with van der Waals surface area (Å²) >= 11 is 0. The Morgan fingerprint density at radius 3 is 2.62 bits per heavy atom. The largest absolute Gasteiger partial charge is 0.442 e. The Morgan fingerprint density at radius 1 is 1.50 bits per heavy atom. The van der Waals surface area contributed by atoms with Gasteiger partial charge in [0.25, 0.3) is 0 Å². The molecule has 0 aromatic carbocycles. The molecule has 0 fully saturated rings. The minimum Gasteiger partial charge on any atom is -0.442 e. The highest BCUT2D eigenvalue weighted by molar-refractivity contribution is 5.70. The molecule has 0 radical (unpaired) electrons. The van der Waals surface area contributed by atoms with Crippen LogP contribution in [0.5, 0.6) is 0 Å². The lowest BCUT2D eigenvalue weighted by atomic mass is 10.2. The number of hydrogen-bond acceptors (Lipinski definition) is 4. The van der Waals surface area contributed by atoms with Crippen molar-refractivity contribution in [2.75, 3.05) is 5.32 Å². The van der Waals surface area contributed by atoms with Gasteiger partial charge in [0, 0.05) is 18.3 Å². The molecule has 1 aromatic rings. The van der Waals surface area contributed by atoms with Gasteiger partial charge in [0.2, 0.25) is 0 Å².